The van der Waals surface area contributed by atoms with E-state index in [0.29, 0.717) is 32.7 Å². The second kappa shape index (κ2) is 7.43. The van der Waals surface area contributed by atoms with E-state index in [1.807, 2.05) is 0 Å². The number of carbonyl (C=O) groups is 1. The van der Waals surface area contributed by atoms with E-state index < -0.39 is 8.24 Å². The molecule has 0 aliphatic rings. The Morgan fingerprint density at radius 3 is 2.48 bits per heavy atom. The van der Waals surface area contributed by atoms with Gasteiger partial charge in [0.15, 0.2) is 0 Å². The minimum absolute atomic E-state index is 0.0283. The van der Waals surface area contributed by atoms with Crippen molar-refractivity contribution in [2.75, 3.05) is 13.7 Å². The van der Waals surface area contributed by atoms with Crippen LogP contribution < -0.4 is 13.1 Å². The van der Waals surface area contributed by atoms with Gasteiger partial charge in [-0.25, -0.2) is 0 Å². The van der Waals surface area contributed by atoms with E-state index in [1.54, 1.807) is 14.0 Å². The van der Waals surface area contributed by atoms with Crippen LogP contribution in [0.15, 0.2) is 18.3 Å². The molecule has 132 valence electrons. The predicted octanol–water partition coefficient (Wildman–Crippen LogP) is 3.35. The van der Waals surface area contributed by atoms with Crippen LogP contribution >= 0.6 is 0 Å². The normalized spacial score (nSPS) is 12.5. The van der Waals surface area contributed by atoms with Crippen molar-refractivity contribution >= 4 is 28.1 Å². The number of ether oxygens (including phenoxy) is 1. The first-order valence-electron chi connectivity index (χ1n) is 8.78. The first kappa shape index (κ1) is 20.5. The van der Waals surface area contributed by atoms with E-state index >= 15 is 0 Å². The first-order valence-corrected chi connectivity index (χ1v) is 14.5. The van der Waals surface area contributed by atoms with Gasteiger partial charge in [-0.2, -0.15) is 0 Å². The van der Waals surface area contributed by atoms with Gasteiger partial charge in [-0.05, 0) is 0 Å². The molecule has 1 N–H and O–H groups in total. The van der Waals surface area contributed by atoms with Crippen LogP contribution in [0, 0.1) is 0 Å². The van der Waals surface area contributed by atoms with E-state index in [-0.39, 0.29) is 10.9 Å². The molecule has 1 aromatic carbocycles. The number of amides is 1. The zero-order valence-electron chi connectivity index (χ0n) is 16.6. The predicted molar refractivity (Wildman–Crippen MR) is 103 cm³/mol. The van der Waals surface area contributed by atoms with Gasteiger partial charge in [0.2, 0.25) is 0 Å². The SMILES string of the molecule is COc1ccc2c(c(CCNC(C)=O)cn2[Si](C)(C)C(C)(C)C)[c]1[Hg+]. The Morgan fingerprint density at radius 2 is 1.96 bits per heavy atom. The molecule has 2 aromatic rings. The summed E-state index contributed by atoms with van der Waals surface area (Å²) in [5.74, 6) is 1.03. The molecule has 0 radical (unpaired) electrons. The van der Waals surface area contributed by atoms with Crippen molar-refractivity contribution in [2.24, 2.45) is 0 Å². The van der Waals surface area contributed by atoms with Crippen molar-refractivity contribution in [2.45, 2.75) is 52.2 Å². The van der Waals surface area contributed by atoms with Crippen LogP contribution in [0.2, 0.25) is 18.1 Å². The third-order valence-corrected chi connectivity index (χ3v) is 13.5. The summed E-state index contributed by atoms with van der Waals surface area (Å²) >= 11 is 0.454. The zero-order chi connectivity index (χ0) is 19.0. The van der Waals surface area contributed by atoms with Gasteiger partial charge in [0, 0.05) is 0 Å². The molecule has 0 unspecified atom stereocenters. The van der Waals surface area contributed by atoms with Gasteiger partial charge in [-0.15, -0.1) is 0 Å². The fourth-order valence-corrected chi connectivity index (χ4v) is 7.64. The third kappa shape index (κ3) is 3.97. The summed E-state index contributed by atoms with van der Waals surface area (Å²) in [6.45, 7) is 14.2. The van der Waals surface area contributed by atoms with Crippen molar-refractivity contribution in [3.8, 4) is 5.75 Å². The Kier molecular flexibility index (Phi) is 6.09. The number of rotatable bonds is 5. The van der Waals surface area contributed by atoms with E-state index in [2.05, 4.69) is 61.7 Å². The van der Waals surface area contributed by atoms with Gasteiger partial charge in [0.25, 0.3) is 0 Å². The quantitative estimate of drug-likeness (QED) is 0.586. The summed E-state index contributed by atoms with van der Waals surface area (Å²) in [4.78, 5) is 11.2. The van der Waals surface area contributed by atoms with Crippen molar-refractivity contribution in [1.82, 2.24) is 9.55 Å². The summed E-state index contributed by atoms with van der Waals surface area (Å²) < 4.78 is 9.52. The van der Waals surface area contributed by atoms with Crippen molar-refractivity contribution in [3.05, 3.63) is 23.9 Å². The fourth-order valence-electron chi connectivity index (χ4n) is 3.04. The van der Waals surface area contributed by atoms with E-state index in [9.17, 15) is 4.79 Å². The average molecular weight is 546 g/mol. The van der Waals surface area contributed by atoms with Crippen LogP contribution in [-0.4, -0.2) is 32.0 Å². The summed E-state index contributed by atoms with van der Waals surface area (Å²) in [5.41, 5.74) is 2.66. The molecule has 0 saturated heterocycles. The molecular formula is C19H29HgN2O2Si+. The van der Waals surface area contributed by atoms with Crippen LogP contribution in [0.5, 0.6) is 5.75 Å². The molecule has 4 nitrogen and oxygen atoms in total. The first-order chi connectivity index (χ1) is 11.5. The Labute approximate surface area is 168 Å². The number of nitrogens with zero attached hydrogens (tertiary/aromatic N) is 1. The maximum atomic E-state index is 11.2. The topological polar surface area (TPSA) is 43.3 Å². The zero-order valence-corrected chi connectivity index (χ0v) is 23.1. The molecule has 1 amide bonds. The number of nitrogens with one attached hydrogen (secondary N) is 1. The molecule has 6 heteroatoms. The van der Waals surface area contributed by atoms with Gasteiger partial charge in [-0.1, -0.05) is 0 Å². The molecule has 1 aromatic heterocycles. The number of benzene rings is 1. The van der Waals surface area contributed by atoms with Gasteiger partial charge in [0.05, 0.1) is 0 Å². The van der Waals surface area contributed by atoms with Crippen molar-refractivity contribution in [1.29, 1.82) is 0 Å². The fraction of sp³-hybridized carbons (Fsp3) is 0.526. The molecule has 2 rings (SSSR count). The Balaban J connectivity index is 2.65. The van der Waals surface area contributed by atoms with Crippen LogP contribution in [0.25, 0.3) is 10.9 Å². The maximum absolute atomic E-state index is 11.2. The summed E-state index contributed by atoms with van der Waals surface area (Å²) in [6, 6.07) is 4.33. The Hall–Kier alpha value is -0.818. The molecule has 0 aliphatic heterocycles. The average Bonchev–Trinajstić information content (AvgIpc) is 2.86. The molecule has 0 spiro atoms. The van der Waals surface area contributed by atoms with Gasteiger partial charge in [-0.3, -0.25) is 0 Å². The monoisotopic (exact) mass is 547 g/mol. The summed E-state index contributed by atoms with van der Waals surface area (Å²) in [6.07, 6.45) is 3.20. The molecule has 0 saturated carbocycles. The summed E-state index contributed by atoms with van der Waals surface area (Å²) in [5, 5.41) is 4.55. The summed E-state index contributed by atoms with van der Waals surface area (Å²) in [7, 11) is 0.0233. The third-order valence-electron chi connectivity index (χ3n) is 5.54. The van der Waals surface area contributed by atoms with Crippen molar-refractivity contribution < 1.29 is 35.7 Å². The minimum atomic E-state index is -1.73. The molecule has 1 heterocycles. The molecule has 0 fully saturated rings. The number of aromatic nitrogens is 1. The van der Waals surface area contributed by atoms with Crippen LogP contribution in [0.1, 0.15) is 33.3 Å². The van der Waals surface area contributed by atoms with Gasteiger partial charge in [0.1, 0.15) is 0 Å². The van der Waals surface area contributed by atoms with Gasteiger partial charge < -0.3 is 0 Å². The number of fused-ring (bicyclic) bond motifs is 1. The molecule has 25 heavy (non-hydrogen) atoms. The van der Waals surface area contributed by atoms with Crippen LogP contribution in [-0.2, 0) is 37.3 Å². The van der Waals surface area contributed by atoms with E-state index in [0.717, 1.165) is 12.2 Å². The number of methoxy groups -OCH3 is 1. The molecule has 0 atom stereocenters. The standard InChI is InChI=1S/C19H29N2O2Si.Hg/c1-14(22)20-11-10-15-13-21(24(6,7)19(2,3)4)18-9-8-16(23-5)12-17(15)18;/h8-9,13H,10-11H2,1-7H3,(H,20,22);/q;+1. The number of hydrogen-bond donors (Lipinski definition) is 1. The van der Waals surface area contributed by atoms with Crippen molar-refractivity contribution in [3.63, 3.8) is 0 Å². The Morgan fingerprint density at radius 1 is 1.32 bits per heavy atom. The second-order valence-electron chi connectivity index (χ2n) is 8.21. The van der Waals surface area contributed by atoms with E-state index in [4.69, 9.17) is 4.74 Å². The number of hydrogen-bond acceptors (Lipinski definition) is 2. The second-order valence-corrected chi connectivity index (χ2v) is 16.1. The molecule has 0 aliphatic carbocycles. The van der Waals surface area contributed by atoms with Crippen LogP contribution in [0.4, 0.5) is 0 Å². The van der Waals surface area contributed by atoms with E-state index in [1.165, 1.54) is 19.5 Å². The van der Waals surface area contributed by atoms with Crippen LogP contribution in [0.3, 0.4) is 0 Å². The Bertz CT molecular complexity index is 791. The molecular weight excluding hydrogens is 517 g/mol. The molecule has 0 bridgehead atoms. The van der Waals surface area contributed by atoms with Gasteiger partial charge >= 0.3 is 169 Å². The number of carbonyl (C=O) groups excluding carboxylic acids is 1.